The van der Waals surface area contributed by atoms with Crippen molar-refractivity contribution in [3.8, 4) is 0 Å². The van der Waals surface area contributed by atoms with Gasteiger partial charge in [0.2, 0.25) is 5.91 Å². The van der Waals surface area contributed by atoms with Crippen LogP contribution in [0.25, 0.3) is 0 Å². The zero-order chi connectivity index (χ0) is 17.1. The summed E-state index contributed by atoms with van der Waals surface area (Å²) in [6.45, 7) is 4.58. The molecule has 0 spiro atoms. The molecule has 0 fully saturated rings. The van der Waals surface area contributed by atoms with Gasteiger partial charge in [-0.2, -0.15) is 0 Å². The van der Waals surface area contributed by atoms with Gasteiger partial charge in [-0.25, -0.2) is 0 Å². The zero-order valence-corrected chi connectivity index (χ0v) is 14.1. The average molecular weight is 322 g/mol. The maximum Gasteiger partial charge on any atom is 0.251 e. The largest absolute Gasteiger partial charge is 0.350 e. The van der Waals surface area contributed by atoms with Crippen LogP contribution < -0.4 is 10.2 Å². The van der Waals surface area contributed by atoms with Gasteiger partial charge in [-0.15, -0.1) is 0 Å². The Balaban J connectivity index is 1.80. The Labute approximate surface area is 142 Å². The van der Waals surface area contributed by atoms with E-state index >= 15 is 0 Å². The molecule has 1 N–H and O–H groups in total. The summed E-state index contributed by atoms with van der Waals surface area (Å²) in [4.78, 5) is 26.4. The number of nitrogens with one attached hydrogen (secondary N) is 1. The smallest absolute Gasteiger partial charge is 0.251 e. The molecule has 4 nitrogen and oxygen atoms in total. The van der Waals surface area contributed by atoms with Crippen LogP contribution in [0.4, 0.5) is 5.69 Å². The second kappa shape index (κ2) is 6.87. The Morgan fingerprint density at radius 3 is 2.67 bits per heavy atom. The highest BCUT2D eigenvalue weighted by Crippen LogP contribution is 2.31. The number of fused-ring (bicyclic) bond motifs is 1. The van der Waals surface area contributed by atoms with Crippen molar-refractivity contribution in [1.29, 1.82) is 0 Å². The summed E-state index contributed by atoms with van der Waals surface area (Å²) >= 11 is 0. The van der Waals surface area contributed by atoms with E-state index in [1.807, 2.05) is 56.3 Å². The minimum atomic E-state index is -0.0823. The molecule has 0 saturated heterocycles. The molecular weight excluding hydrogens is 300 g/mol. The van der Waals surface area contributed by atoms with Crippen LogP contribution in [-0.2, 0) is 17.8 Å². The first-order valence-electron chi connectivity index (χ1n) is 8.36. The lowest BCUT2D eigenvalue weighted by molar-refractivity contribution is -0.117. The van der Waals surface area contributed by atoms with E-state index in [9.17, 15) is 9.59 Å². The van der Waals surface area contributed by atoms with Crippen LogP contribution in [0.15, 0.2) is 48.5 Å². The number of hydrogen-bond donors (Lipinski definition) is 1. The third kappa shape index (κ3) is 3.32. The van der Waals surface area contributed by atoms with Gasteiger partial charge >= 0.3 is 0 Å². The predicted octanol–water partition coefficient (Wildman–Crippen LogP) is 3.30. The lowest BCUT2D eigenvalue weighted by Crippen LogP contribution is -2.31. The number of benzene rings is 2. The van der Waals surface area contributed by atoms with E-state index in [1.54, 1.807) is 11.0 Å². The van der Waals surface area contributed by atoms with Gasteiger partial charge in [-0.3, -0.25) is 9.59 Å². The average Bonchev–Trinajstić information content (AvgIpc) is 2.90. The van der Waals surface area contributed by atoms with Crippen molar-refractivity contribution in [2.45, 2.75) is 39.3 Å². The Morgan fingerprint density at radius 2 is 1.96 bits per heavy atom. The molecule has 3 rings (SSSR count). The molecule has 0 aromatic heterocycles. The van der Waals surface area contributed by atoms with E-state index in [0.29, 0.717) is 18.5 Å². The second-order valence-electron chi connectivity index (χ2n) is 6.27. The quantitative estimate of drug-likeness (QED) is 0.918. The summed E-state index contributed by atoms with van der Waals surface area (Å²) in [5.41, 5.74) is 3.54. The second-order valence-corrected chi connectivity index (χ2v) is 6.27. The summed E-state index contributed by atoms with van der Waals surface area (Å²) in [5.74, 6) is -0.00514. The van der Waals surface area contributed by atoms with Crippen molar-refractivity contribution < 1.29 is 9.59 Å². The lowest BCUT2D eigenvalue weighted by Gasteiger charge is -2.18. The molecule has 4 heteroatoms. The Kier molecular flexibility index (Phi) is 4.65. The van der Waals surface area contributed by atoms with E-state index in [4.69, 9.17) is 0 Å². The number of hydrogen-bond acceptors (Lipinski definition) is 2. The molecule has 0 saturated carbocycles. The number of nitrogens with zero attached hydrogens (tertiary/aromatic N) is 1. The van der Waals surface area contributed by atoms with Crippen LogP contribution in [0.1, 0.15) is 41.8 Å². The molecule has 1 aliphatic heterocycles. The summed E-state index contributed by atoms with van der Waals surface area (Å²) in [7, 11) is 0. The first kappa shape index (κ1) is 16.2. The van der Waals surface area contributed by atoms with Crippen LogP contribution in [0.3, 0.4) is 0 Å². The number of rotatable bonds is 5. The van der Waals surface area contributed by atoms with Crippen molar-refractivity contribution in [2.75, 3.05) is 4.90 Å². The molecule has 1 atom stereocenters. The van der Waals surface area contributed by atoms with E-state index in [-0.39, 0.29) is 17.9 Å². The number of carbonyl (C=O) groups is 2. The van der Waals surface area contributed by atoms with Crippen molar-refractivity contribution in [2.24, 2.45) is 0 Å². The highest BCUT2D eigenvalue weighted by Gasteiger charge is 2.28. The summed E-state index contributed by atoms with van der Waals surface area (Å²) < 4.78 is 0. The Morgan fingerprint density at radius 1 is 1.21 bits per heavy atom. The molecule has 24 heavy (non-hydrogen) atoms. The van der Waals surface area contributed by atoms with Crippen LogP contribution in [0.2, 0.25) is 0 Å². The summed E-state index contributed by atoms with van der Waals surface area (Å²) in [6.07, 6.45) is 1.24. The molecule has 1 heterocycles. The van der Waals surface area contributed by atoms with Gasteiger partial charge in [-0.1, -0.05) is 37.3 Å². The number of amides is 2. The highest BCUT2D eigenvalue weighted by atomic mass is 16.2. The van der Waals surface area contributed by atoms with Gasteiger partial charge in [-0.05, 0) is 42.7 Å². The molecule has 1 unspecified atom stereocenters. The van der Waals surface area contributed by atoms with Gasteiger partial charge in [0, 0.05) is 17.3 Å². The molecule has 2 aromatic carbocycles. The van der Waals surface area contributed by atoms with Crippen LogP contribution in [0.5, 0.6) is 0 Å². The number of anilines is 1. The van der Waals surface area contributed by atoms with Crippen molar-refractivity contribution in [1.82, 2.24) is 5.32 Å². The molecule has 124 valence electrons. The molecule has 2 amide bonds. The van der Waals surface area contributed by atoms with Gasteiger partial charge in [0.15, 0.2) is 0 Å². The standard InChI is InChI=1S/C20H22N2O2/c1-3-14(2)21-20(24)16-9-10-18-17(11-16)12-19(23)22(18)13-15-7-5-4-6-8-15/h4-11,14H,3,12-13H2,1-2H3,(H,21,24). The van der Waals surface area contributed by atoms with Crippen molar-refractivity contribution in [3.05, 3.63) is 65.2 Å². The van der Waals surface area contributed by atoms with Crippen molar-refractivity contribution in [3.63, 3.8) is 0 Å². The molecule has 0 bridgehead atoms. The molecular formula is C20H22N2O2. The predicted molar refractivity (Wildman–Crippen MR) is 95.0 cm³/mol. The monoisotopic (exact) mass is 322 g/mol. The fourth-order valence-corrected chi connectivity index (χ4v) is 2.87. The molecule has 1 aliphatic rings. The third-order valence-electron chi connectivity index (χ3n) is 4.45. The summed E-state index contributed by atoms with van der Waals surface area (Å²) in [6, 6.07) is 15.6. The normalized spacial score (nSPS) is 14.4. The van der Waals surface area contributed by atoms with E-state index in [1.165, 1.54) is 0 Å². The first-order valence-corrected chi connectivity index (χ1v) is 8.36. The van der Waals surface area contributed by atoms with Crippen molar-refractivity contribution >= 4 is 17.5 Å². The van der Waals surface area contributed by atoms with Crippen LogP contribution in [0, 0.1) is 0 Å². The number of carbonyl (C=O) groups excluding carboxylic acids is 2. The van der Waals surface area contributed by atoms with E-state index in [0.717, 1.165) is 23.2 Å². The van der Waals surface area contributed by atoms with E-state index in [2.05, 4.69) is 5.32 Å². The Bertz CT molecular complexity index is 755. The highest BCUT2D eigenvalue weighted by molar-refractivity contribution is 6.03. The van der Waals surface area contributed by atoms with Gasteiger partial charge in [0.05, 0.1) is 13.0 Å². The van der Waals surface area contributed by atoms with Gasteiger partial charge in [0.1, 0.15) is 0 Å². The maximum absolute atomic E-state index is 12.4. The fraction of sp³-hybridized carbons (Fsp3) is 0.300. The minimum Gasteiger partial charge on any atom is -0.350 e. The fourth-order valence-electron chi connectivity index (χ4n) is 2.87. The molecule has 0 radical (unpaired) electrons. The van der Waals surface area contributed by atoms with Gasteiger partial charge < -0.3 is 10.2 Å². The minimum absolute atomic E-state index is 0.0772. The third-order valence-corrected chi connectivity index (χ3v) is 4.45. The van der Waals surface area contributed by atoms with Gasteiger partial charge in [0.25, 0.3) is 5.91 Å². The first-order chi connectivity index (χ1) is 11.6. The SMILES string of the molecule is CCC(C)NC(=O)c1ccc2c(c1)CC(=O)N2Cc1ccccc1. The lowest BCUT2D eigenvalue weighted by atomic mass is 10.1. The topological polar surface area (TPSA) is 49.4 Å². The van der Waals surface area contributed by atoms with Crippen LogP contribution in [-0.4, -0.2) is 17.9 Å². The van der Waals surface area contributed by atoms with Crippen LogP contribution >= 0.6 is 0 Å². The zero-order valence-electron chi connectivity index (χ0n) is 14.1. The molecule has 0 aliphatic carbocycles. The summed E-state index contributed by atoms with van der Waals surface area (Å²) in [5, 5.41) is 2.96. The molecule has 2 aromatic rings. The Hall–Kier alpha value is -2.62. The maximum atomic E-state index is 12.4. The van der Waals surface area contributed by atoms with E-state index < -0.39 is 0 Å².